The lowest BCUT2D eigenvalue weighted by molar-refractivity contribution is 0.102. The molecule has 2 N–H and O–H groups in total. The molecule has 0 saturated carbocycles. The Kier molecular flexibility index (Phi) is 4.38. The first-order chi connectivity index (χ1) is 11.1. The summed E-state index contributed by atoms with van der Waals surface area (Å²) in [6.07, 6.45) is 1.57. The van der Waals surface area contributed by atoms with E-state index in [0.29, 0.717) is 23.0 Å². The van der Waals surface area contributed by atoms with Crippen molar-refractivity contribution in [3.8, 4) is 0 Å². The van der Waals surface area contributed by atoms with Crippen LogP contribution in [0.4, 0.5) is 17.3 Å². The van der Waals surface area contributed by atoms with E-state index in [4.69, 9.17) is 4.52 Å². The van der Waals surface area contributed by atoms with Crippen molar-refractivity contribution in [3.05, 3.63) is 64.5 Å². The number of carbonyl (C=O) groups excluding carboxylic acids is 1. The van der Waals surface area contributed by atoms with Crippen LogP contribution in [0.2, 0.25) is 0 Å². The number of benzene rings is 1. The third kappa shape index (κ3) is 3.95. The van der Waals surface area contributed by atoms with Crippen LogP contribution in [0.3, 0.4) is 0 Å². The van der Waals surface area contributed by atoms with Crippen LogP contribution in [0, 0.1) is 6.92 Å². The highest BCUT2D eigenvalue weighted by Crippen LogP contribution is 2.19. The van der Waals surface area contributed by atoms with Gasteiger partial charge in [-0.3, -0.25) is 4.79 Å². The lowest BCUT2D eigenvalue weighted by atomic mass is 10.2. The molecule has 3 aromatic rings. The van der Waals surface area contributed by atoms with Gasteiger partial charge in [0.1, 0.15) is 11.6 Å². The highest BCUT2D eigenvalue weighted by atomic mass is 79.9. The summed E-state index contributed by atoms with van der Waals surface area (Å²) in [6.45, 7) is 1.76. The molecule has 2 heterocycles. The van der Waals surface area contributed by atoms with Gasteiger partial charge < -0.3 is 15.2 Å². The Bertz CT molecular complexity index is 830. The molecule has 0 spiro atoms. The van der Waals surface area contributed by atoms with Gasteiger partial charge in [-0.05, 0) is 43.3 Å². The second kappa shape index (κ2) is 6.62. The highest BCUT2D eigenvalue weighted by Gasteiger charge is 2.10. The molecule has 1 amide bonds. The molecule has 0 aliphatic rings. The summed E-state index contributed by atoms with van der Waals surface area (Å²) >= 11 is 3.38. The first-order valence-electron chi connectivity index (χ1n) is 6.83. The molecular formula is C16H13BrN4O2. The van der Waals surface area contributed by atoms with E-state index in [1.54, 1.807) is 31.3 Å². The quantitative estimate of drug-likeness (QED) is 0.719. The van der Waals surface area contributed by atoms with Crippen LogP contribution in [-0.2, 0) is 0 Å². The van der Waals surface area contributed by atoms with Gasteiger partial charge in [0.05, 0.1) is 0 Å². The highest BCUT2D eigenvalue weighted by molar-refractivity contribution is 9.10. The maximum Gasteiger partial charge on any atom is 0.257 e. The zero-order valence-corrected chi connectivity index (χ0v) is 13.8. The second-order valence-corrected chi connectivity index (χ2v) is 5.75. The summed E-state index contributed by atoms with van der Waals surface area (Å²) in [4.78, 5) is 16.4. The number of nitrogens with zero attached hydrogens (tertiary/aromatic N) is 2. The van der Waals surface area contributed by atoms with Crippen LogP contribution in [-0.4, -0.2) is 16.0 Å². The van der Waals surface area contributed by atoms with Gasteiger partial charge in [0.25, 0.3) is 5.91 Å². The Labute approximate surface area is 141 Å². The number of carbonyl (C=O) groups is 1. The van der Waals surface area contributed by atoms with E-state index in [0.717, 1.165) is 10.2 Å². The maximum absolute atomic E-state index is 12.2. The van der Waals surface area contributed by atoms with Crippen molar-refractivity contribution in [1.82, 2.24) is 10.1 Å². The average Bonchev–Trinajstić information content (AvgIpc) is 2.95. The number of aromatic nitrogens is 2. The molecule has 0 bridgehead atoms. The minimum atomic E-state index is -0.278. The molecule has 6 nitrogen and oxygen atoms in total. The van der Waals surface area contributed by atoms with E-state index in [2.05, 4.69) is 36.7 Å². The molecule has 0 aliphatic carbocycles. The van der Waals surface area contributed by atoms with Gasteiger partial charge in [0.2, 0.25) is 0 Å². The molecule has 0 saturated heterocycles. The van der Waals surface area contributed by atoms with Crippen LogP contribution >= 0.6 is 15.9 Å². The molecule has 0 aliphatic heterocycles. The van der Waals surface area contributed by atoms with Gasteiger partial charge in [-0.1, -0.05) is 21.1 Å². The number of aryl methyl sites for hydroxylation is 1. The van der Waals surface area contributed by atoms with Crippen LogP contribution in [0.5, 0.6) is 0 Å². The monoisotopic (exact) mass is 372 g/mol. The molecular weight excluding hydrogens is 360 g/mol. The van der Waals surface area contributed by atoms with Gasteiger partial charge in [0.15, 0.2) is 5.82 Å². The fourth-order valence-corrected chi connectivity index (χ4v) is 2.20. The summed E-state index contributed by atoms with van der Waals surface area (Å²) in [5.74, 6) is 1.32. The molecule has 0 atom stereocenters. The van der Waals surface area contributed by atoms with E-state index in [1.165, 1.54) is 0 Å². The van der Waals surface area contributed by atoms with Crippen molar-refractivity contribution in [3.63, 3.8) is 0 Å². The predicted molar refractivity (Wildman–Crippen MR) is 90.9 cm³/mol. The Hall–Kier alpha value is -2.67. The Morgan fingerprint density at radius 3 is 2.61 bits per heavy atom. The minimum Gasteiger partial charge on any atom is -0.360 e. The molecule has 0 unspecified atom stereocenters. The van der Waals surface area contributed by atoms with Crippen molar-refractivity contribution in [2.45, 2.75) is 6.92 Å². The zero-order chi connectivity index (χ0) is 16.2. The molecule has 116 valence electrons. The SMILES string of the molecule is Cc1cc(NC(=O)c2ccnc(Nc3ccc(Br)cc3)c2)no1. The molecule has 7 heteroatoms. The summed E-state index contributed by atoms with van der Waals surface area (Å²) < 4.78 is 5.91. The summed E-state index contributed by atoms with van der Waals surface area (Å²) in [5, 5.41) is 9.56. The van der Waals surface area contributed by atoms with Crippen LogP contribution in [0.1, 0.15) is 16.1 Å². The Morgan fingerprint density at radius 2 is 1.91 bits per heavy atom. The van der Waals surface area contributed by atoms with Gasteiger partial charge >= 0.3 is 0 Å². The second-order valence-electron chi connectivity index (χ2n) is 4.84. The van der Waals surface area contributed by atoms with E-state index in [-0.39, 0.29) is 5.91 Å². The van der Waals surface area contributed by atoms with Crippen molar-refractivity contribution >= 4 is 39.2 Å². The number of anilines is 3. The third-order valence-corrected chi connectivity index (χ3v) is 3.54. The molecule has 0 fully saturated rings. The Morgan fingerprint density at radius 1 is 1.13 bits per heavy atom. The van der Waals surface area contributed by atoms with E-state index in [9.17, 15) is 4.79 Å². The molecule has 1 aromatic carbocycles. The first kappa shape index (κ1) is 15.2. The number of nitrogens with one attached hydrogen (secondary N) is 2. The molecule has 3 rings (SSSR count). The van der Waals surface area contributed by atoms with Crippen molar-refractivity contribution < 1.29 is 9.32 Å². The average molecular weight is 373 g/mol. The predicted octanol–water partition coefficient (Wildman–Crippen LogP) is 4.14. The number of hydrogen-bond acceptors (Lipinski definition) is 5. The largest absolute Gasteiger partial charge is 0.360 e. The van der Waals surface area contributed by atoms with Crippen molar-refractivity contribution in [1.29, 1.82) is 0 Å². The molecule has 0 radical (unpaired) electrons. The van der Waals surface area contributed by atoms with Gasteiger partial charge in [-0.2, -0.15) is 0 Å². The van der Waals surface area contributed by atoms with Gasteiger partial charge in [-0.15, -0.1) is 0 Å². The van der Waals surface area contributed by atoms with Gasteiger partial charge in [0, 0.05) is 28.0 Å². The number of amides is 1. The van der Waals surface area contributed by atoms with Gasteiger partial charge in [-0.25, -0.2) is 4.98 Å². The minimum absolute atomic E-state index is 0.278. The normalized spacial score (nSPS) is 10.3. The zero-order valence-electron chi connectivity index (χ0n) is 12.2. The number of hydrogen-bond donors (Lipinski definition) is 2. The summed E-state index contributed by atoms with van der Waals surface area (Å²) in [7, 11) is 0. The fraction of sp³-hybridized carbons (Fsp3) is 0.0625. The number of halogens is 1. The third-order valence-electron chi connectivity index (χ3n) is 3.01. The topological polar surface area (TPSA) is 80.0 Å². The maximum atomic E-state index is 12.2. The number of pyridine rings is 1. The summed E-state index contributed by atoms with van der Waals surface area (Å²) in [6, 6.07) is 12.6. The lowest BCUT2D eigenvalue weighted by Crippen LogP contribution is -2.12. The van der Waals surface area contributed by atoms with Crippen molar-refractivity contribution in [2.24, 2.45) is 0 Å². The Balaban J connectivity index is 1.73. The molecule has 2 aromatic heterocycles. The van der Waals surface area contributed by atoms with E-state index in [1.807, 2.05) is 24.3 Å². The van der Waals surface area contributed by atoms with E-state index >= 15 is 0 Å². The smallest absolute Gasteiger partial charge is 0.257 e. The standard InChI is InChI=1S/C16H13BrN4O2/c1-10-8-15(21-23-10)20-16(22)11-6-7-18-14(9-11)19-13-4-2-12(17)3-5-13/h2-9H,1H3,(H,18,19)(H,20,21,22). The fourth-order valence-electron chi connectivity index (χ4n) is 1.94. The number of rotatable bonds is 4. The van der Waals surface area contributed by atoms with Crippen LogP contribution in [0.15, 0.2) is 57.7 Å². The van der Waals surface area contributed by atoms with Crippen LogP contribution in [0.25, 0.3) is 0 Å². The first-order valence-corrected chi connectivity index (χ1v) is 7.63. The lowest BCUT2D eigenvalue weighted by Gasteiger charge is -2.07. The molecule has 23 heavy (non-hydrogen) atoms. The van der Waals surface area contributed by atoms with Crippen LogP contribution < -0.4 is 10.6 Å². The summed E-state index contributed by atoms with van der Waals surface area (Å²) in [5.41, 5.74) is 1.35. The van der Waals surface area contributed by atoms with Crippen molar-refractivity contribution in [2.75, 3.05) is 10.6 Å². The van der Waals surface area contributed by atoms with E-state index < -0.39 is 0 Å².